The number of aromatic nitrogens is 2. The maximum absolute atomic E-state index is 5.74. The molecule has 0 aliphatic heterocycles. The van der Waals surface area contributed by atoms with E-state index < -0.39 is 0 Å². The molecule has 3 nitrogen and oxygen atoms in total. The lowest BCUT2D eigenvalue weighted by Crippen LogP contribution is -1.94. The Morgan fingerprint density at radius 2 is 1.68 bits per heavy atom. The Morgan fingerprint density at radius 3 is 2.37 bits per heavy atom. The molecule has 0 radical (unpaired) electrons. The Balaban J connectivity index is 1.67. The van der Waals surface area contributed by atoms with Gasteiger partial charge in [0, 0.05) is 11.8 Å². The molecular formula is C16H14N2O. The van der Waals surface area contributed by atoms with Gasteiger partial charge >= 0.3 is 0 Å². The van der Waals surface area contributed by atoms with Crippen molar-refractivity contribution >= 4 is 0 Å². The number of H-pyrrole nitrogens is 1. The van der Waals surface area contributed by atoms with Gasteiger partial charge in [0.2, 0.25) is 0 Å². The van der Waals surface area contributed by atoms with E-state index in [0.29, 0.717) is 6.61 Å². The number of aromatic amines is 1. The molecule has 0 atom stereocenters. The van der Waals surface area contributed by atoms with Gasteiger partial charge in [-0.05, 0) is 35.9 Å². The molecule has 1 N–H and O–H groups in total. The lowest BCUT2D eigenvalue weighted by molar-refractivity contribution is 0.306. The molecule has 0 bridgehead atoms. The van der Waals surface area contributed by atoms with Gasteiger partial charge in [0.15, 0.2) is 0 Å². The lowest BCUT2D eigenvalue weighted by Gasteiger charge is -2.06. The highest BCUT2D eigenvalue weighted by molar-refractivity contribution is 5.59. The first-order valence-corrected chi connectivity index (χ1v) is 6.19. The number of ether oxygens (including phenoxy) is 1. The summed E-state index contributed by atoms with van der Waals surface area (Å²) in [6.07, 6.45) is 1.81. The van der Waals surface area contributed by atoms with Crippen LogP contribution in [0.4, 0.5) is 0 Å². The first-order chi connectivity index (χ1) is 9.42. The fraction of sp³-hybridized carbons (Fsp3) is 0.0625. The van der Waals surface area contributed by atoms with Crippen LogP contribution >= 0.6 is 0 Å². The third-order valence-electron chi connectivity index (χ3n) is 2.90. The predicted octanol–water partition coefficient (Wildman–Crippen LogP) is 3.66. The molecule has 3 aromatic rings. The molecule has 0 aliphatic carbocycles. The predicted molar refractivity (Wildman–Crippen MR) is 74.8 cm³/mol. The summed E-state index contributed by atoms with van der Waals surface area (Å²) in [4.78, 5) is 0. The number of hydrogen-bond acceptors (Lipinski definition) is 2. The Hall–Kier alpha value is -2.55. The van der Waals surface area contributed by atoms with Crippen LogP contribution in [0.3, 0.4) is 0 Å². The van der Waals surface area contributed by atoms with Gasteiger partial charge in [-0.2, -0.15) is 5.10 Å². The summed E-state index contributed by atoms with van der Waals surface area (Å²) in [5, 5.41) is 6.95. The first-order valence-electron chi connectivity index (χ1n) is 6.19. The van der Waals surface area contributed by atoms with Crippen molar-refractivity contribution < 1.29 is 4.74 Å². The van der Waals surface area contributed by atoms with Crippen LogP contribution in [0.2, 0.25) is 0 Å². The largest absolute Gasteiger partial charge is 0.489 e. The smallest absolute Gasteiger partial charge is 0.119 e. The maximum atomic E-state index is 5.74. The molecule has 19 heavy (non-hydrogen) atoms. The van der Waals surface area contributed by atoms with Gasteiger partial charge in [-0.15, -0.1) is 0 Å². The molecule has 2 aromatic carbocycles. The van der Waals surface area contributed by atoms with E-state index in [2.05, 4.69) is 22.3 Å². The number of nitrogens with zero attached hydrogens (tertiary/aromatic N) is 1. The van der Waals surface area contributed by atoms with Crippen molar-refractivity contribution in [3.8, 4) is 17.0 Å². The van der Waals surface area contributed by atoms with Crippen LogP contribution in [0.25, 0.3) is 11.3 Å². The van der Waals surface area contributed by atoms with Gasteiger partial charge in [-0.1, -0.05) is 30.3 Å². The minimum absolute atomic E-state index is 0.586. The summed E-state index contributed by atoms with van der Waals surface area (Å²) in [5.41, 5.74) is 3.18. The van der Waals surface area contributed by atoms with Crippen molar-refractivity contribution in [3.05, 3.63) is 72.4 Å². The molecule has 3 rings (SSSR count). The van der Waals surface area contributed by atoms with E-state index >= 15 is 0 Å². The second kappa shape index (κ2) is 5.40. The second-order valence-electron chi connectivity index (χ2n) is 4.26. The van der Waals surface area contributed by atoms with Crippen LogP contribution in [0.1, 0.15) is 5.56 Å². The number of hydrogen-bond donors (Lipinski definition) is 1. The van der Waals surface area contributed by atoms with Crippen LogP contribution in [0.15, 0.2) is 66.9 Å². The molecule has 1 heterocycles. The van der Waals surface area contributed by atoms with Crippen LogP contribution in [0.5, 0.6) is 5.75 Å². The van der Waals surface area contributed by atoms with E-state index in [9.17, 15) is 0 Å². The topological polar surface area (TPSA) is 37.9 Å². The fourth-order valence-electron chi connectivity index (χ4n) is 1.88. The molecule has 0 amide bonds. The quantitative estimate of drug-likeness (QED) is 0.767. The van der Waals surface area contributed by atoms with Crippen LogP contribution in [0, 0.1) is 0 Å². The summed E-state index contributed by atoms with van der Waals surface area (Å²) >= 11 is 0. The Morgan fingerprint density at radius 1 is 0.895 bits per heavy atom. The van der Waals surface area contributed by atoms with E-state index in [0.717, 1.165) is 17.0 Å². The van der Waals surface area contributed by atoms with Gasteiger partial charge in [0.1, 0.15) is 12.4 Å². The molecular weight excluding hydrogens is 236 g/mol. The van der Waals surface area contributed by atoms with Crippen LogP contribution < -0.4 is 4.74 Å². The van der Waals surface area contributed by atoms with E-state index in [-0.39, 0.29) is 0 Å². The average molecular weight is 250 g/mol. The van der Waals surface area contributed by atoms with Gasteiger partial charge in [-0.25, -0.2) is 0 Å². The molecule has 0 spiro atoms. The van der Waals surface area contributed by atoms with Crippen molar-refractivity contribution in [2.24, 2.45) is 0 Å². The third-order valence-corrected chi connectivity index (χ3v) is 2.90. The lowest BCUT2D eigenvalue weighted by atomic mass is 10.1. The van der Waals surface area contributed by atoms with Gasteiger partial charge in [-0.3, -0.25) is 5.10 Å². The van der Waals surface area contributed by atoms with E-state index in [1.165, 1.54) is 5.56 Å². The molecule has 0 aliphatic rings. The summed E-state index contributed by atoms with van der Waals surface area (Å²) in [6.45, 7) is 0.586. The minimum Gasteiger partial charge on any atom is -0.489 e. The van der Waals surface area contributed by atoms with Gasteiger partial charge in [0.25, 0.3) is 0 Å². The zero-order valence-corrected chi connectivity index (χ0v) is 10.4. The summed E-state index contributed by atoms with van der Waals surface area (Å²) < 4.78 is 5.74. The first kappa shape index (κ1) is 11.5. The normalized spacial score (nSPS) is 10.3. The molecule has 0 unspecified atom stereocenters. The highest BCUT2D eigenvalue weighted by atomic mass is 16.5. The Kier molecular flexibility index (Phi) is 3.28. The number of nitrogens with one attached hydrogen (secondary N) is 1. The highest BCUT2D eigenvalue weighted by Crippen LogP contribution is 2.20. The maximum Gasteiger partial charge on any atom is 0.119 e. The summed E-state index contributed by atoms with van der Waals surface area (Å²) in [6, 6.07) is 20.0. The fourth-order valence-corrected chi connectivity index (χ4v) is 1.88. The van der Waals surface area contributed by atoms with Crippen molar-refractivity contribution in [1.82, 2.24) is 10.2 Å². The third kappa shape index (κ3) is 2.83. The zero-order valence-electron chi connectivity index (χ0n) is 10.4. The van der Waals surface area contributed by atoms with Crippen molar-refractivity contribution in [3.63, 3.8) is 0 Å². The number of rotatable bonds is 4. The summed E-state index contributed by atoms with van der Waals surface area (Å²) in [7, 11) is 0. The Labute approximate surface area is 111 Å². The molecule has 0 saturated heterocycles. The second-order valence-corrected chi connectivity index (χ2v) is 4.26. The zero-order chi connectivity index (χ0) is 12.9. The van der Waals surface area contributed by atoms with Crippen molar-refractivity contribution in [2.45, 2.75) is 6.61 Å². The Bertz CT molecular complexity index is 616. The monoisotopic (exact) mass is 250 g/mol. The summed E-state index contributed by atoms with van der Waals surface area (Å²) in [5.74, 6) is 0.864. The molecule has 3 heteroatoms. The average Bonchev–Trinajstić information content (AvgIpc) is 3.01. The molecule has 1 aromatic heterocycles. The van der Waals surface area contributed by atoms with E-state index in [4.69, 9.17) is 4.74 Å². The molecule has 0 saturated carbocycles. The standard InChI is InChI=1S/C16H14N2O/c1-2-4-13(5-3-1)12-19-15-8-6-14(7-9-15)16-10-11-17-18-16/h1-11H,12H2,(H,17,18). The van der Waals surface area contributed by atoms with Crippen molar-refractivity contribution in [1.29, 1.82) is 0 Å². The number of benzene rings is 2. The molecule has 94 valence electrons. The highest BCUT2D eigenvalue weighted by Gasteiger charge is 2.00. The van der Waals surface area contributed by atoms with Crippen molar-refractivity contribution in [2.75, 3.05) is 0 Å². The minimum atomic E-state index is 0.586. The van der Waals surface area contributed by atoms with Crippen LogP contribution in [-0.2, 0) is 6.61 Å². The molecule has 0 fully saturated rings. The van der Waals surface area contributed by atoms with Gasteiger partial charge < -0.3 is 4.74 Å². The van der Waals surface area contributed by atoms with Crippen LogP contribution in [-0.4, -0.2) is 10.2 Å². The van der Waals surface area contributed by atoms with Gasteiger partial charge in [0.05, 0.1) is 5.69 Å². The van der Waals surface area contributed by atoms with E-state index in [1.54, 1.807) is 0 Å². The van der Waals surface area contributed by atoms with E-state index in [1.807, 2.05) is 54.7 Å². The SMILES string of the molecule is c1ccc(COc2ccc(-c3cc[nH]n3)cc2)cc1.